The third-order valence-corrected chi connectivity index (χ3v) is 7.96. The second kappa shape index (κ2) is 12.4. The van der Waals surface area contributed by atoms with Gasteiger partial charge in [0.15, 0.2) is 0 Å². The molecule has 0 radical (unpaired) electrons. The summed E-state index contributed by atoms with van der Waals surface area (Å²) < 4.78 is 0. The average molecular weight is 477 g/mol. The molecule has 0 spiro atoms. The monoisotopic (exact) mass is 476 g/mol. The molecule has 3 aliphatic heterocycles. The molecule has 0 aliphatic carbocycles. The van der Waals surface area contributed by atoms with E-state index in [1.807, 2.05) is 9.80 Å². The molecular weight excluding hydrogens is 428 g/mol. The Morgan fingerprint density at radius 2 is 1.56 bits per heavy atom. The smallest absolute Gasteiger partial charge is 0.246 e. The predicted octanol–water partition coefficient (Wildman–Crippen LogP) is 3.23. The summed E-state index contributed by atoms with van der Waals surface area (Å²) >= 11 is 0. The molecule has 1 unspecified atom stereocenters. The van der Waals surface area contributed by atoms with Gasteiger partial charge in [-0.05, 0) is 82.3 Å². The fraction of sp³-hybridized carbons (Fsp3) is 0.889. The maximum Gasteiger partial charge on any atom is 0.246 e. The van der Waals surface area contributed by atoms with Crippen LogP contribution in [0.2, 0.25) is 0 Å². The van der Waals surface area contributed by atoms with Crippen LogP contribution in [0.4, 0.5) is 0 Å². The van der Waals surface area contributed by atoms with Gasteiger partial charge in [-0.1, -0.05) is 27.7 Å². The molecule has 7 heteroatoms. The van der Waals surface area contributed by atoms with E-state index in [-0.39, 0.29) is 17.7 Å². The summed E-state index contributed by atoms with van der Waals surface area (Å²) in [5.74, 6) is 1.32. The molecule has 34 heavy (non-hydrogen) atoms. The van der Waals surface area contributed by atoms with Crippen LogP contribution in [0.25, 0.3) is 0 Å². The summed E-state index contributed by atoms with van der Waals surface area (Å²) in [4.78, 5) is 47.7. The minimum absolute atomic E-state index is 0.0466. The van der Waals surface area contributed by atoms with Gasteiger partial charge in [-0.3, -0.25) is 14.4 Å². The maximum absolute atomic E-state index is 13.7. The molecule has 3 fully saturated rings. The third kappa shape index (κ3) is 6.96. The van der Waals surface area contributed by atoms with Gasteiger partial charge in [-0.2, -0.15) is 0 Å². The van der Waals surface area contributed by atoms with Crippen LogP contribution in [0.3, 0.4) is 0 Å². The van der Waals surface area contributed by atoms with E-state index in [0.29, 0.717) is 43.7 Å². The Morgan fingerprint density at radius 3 is 2.12 bits per heavy atom. The van der Waals surface area contributed by atoms with Crippen molar-refractivity contribution in [1.82, 2.24) is 19.6 Å². The SMILES string of the molecule is CC(=O)N1CCN(C(CC(C)C)C(=O)N2CCC(CCN3CCCC3)CC2)C(=O)[C@@H]1CC(C)C. The van der Waals surface area contributed by atoms with E-state index in [9.17, 15) is 14.4 Å². The van der Waals surface area contributed by atoms with E-state index in [1.54, 1.807) is 11.8 Å². The fourth-order valence-electron chi connectivity index (χ4n) is 6.00. The Labute approximate surface area is 207 Å². The first kappa shape index (κ1) is 27.0. The van der Waals surface area contributed by atoms with Gasteiger partial charge in [-0.15, -0.1) is 0 Å². The van der Waals surface area contributed by atoms with Crippen LogP contribution in [-0.2, 0) is 14.4 Å². The minimum Gasteiger partial charge on any atom is -0.341 e. The highest BCUT2D eigenvalue weighted by Crippen LogP contribution is 2.27. The highest BCUT2D eigenvalue weighted by atomic mass is 16.2. The summed E-state index contributed by atoms with van der Waals surface area (Å²) in [7, 11) is 0. The van der Waals surface area contributed by atoms with E-state index < -0.39 is 12.1 Å². The van der Waals surface area contributed by atoms with E-state index in [4.69, 9.17) is 0 Å². The van der Waals surface area contributed by atoms with Crippen LogP contribution < -0.4 is 0 Å². The molecule has 3 heterocycles. The third-order valence-electron chi connectivity index (χ3n) is 7.96. The van der Waals surface area contributed by atoms with E-state index in [1.165, 1.54) is 38.9 Å². The molecule has 3 rings (SSSR count). The lowest BCUT2D eigenvalue weighted by atomic mass is 9.91. The second-order valence-electron chi connectivity index (χ2n) is 11.6. The highest BCUT2D eigenvalue weighted by molar-refractivity contribution is 5.92. The number of hydrogen-bond acceptors (Lipinski definition) is 4. The van der Waals surface area contributed by atoms with Gasteiger partial charge < -0.3 is 19.6 Å². The number of carbonyl (C=O) groups excluding carboxylic acids is 3. The summed E-state index contributed by atoms with van der Waals surface area (Å²) in [6.45, 7) is 16.2. The first-order valence-corrected chi connectivity index (χ1v) is 13.8. The number of piperazine rings is 1. The Morgan fingerprint density at radius 1 is 0.912 bits per heavy atom. The number of hydrogen-bond donors (Lipinski definition) is 0. The molecule has 0 aromatic heterocycles. The van der Waals surface area contributed by atoms with Crippen molar-refractivity contribution in [2.75, 3.05) is 45.8 Å². The molecule has 7 nitrogen and oxygen atoms in total. The van der Waals surface area contributed by atoms with Crippen molar-refractivity contribution < 1.29 is 14.4 Å². The number of amides is 3. The van der Waals surface area contributed by atoms with Crippen LogP contribution in [0.5, 0.6) is 0 Å². The molecule has 3 aliphatic rings. The van der Waals surface area contributed by atoms with Crippen molar-refractivity contribution >= 4 is 17.7 Å². The largest absolute Gasteiger partial charge is 0.341 e. The lowest BCUT2D eigenvalue weighted by Gasteiger charge is -2.45. The number of carbonyl (C=O) groups is 3. The fourth-order valence-corrected chi connectivity index (χ4v) is 6.00. The average Bonchev–Trinajstić information content (AvgIpc) is 3.30. The molecule has 0 bridgehead atoms. The van der Waals surface area contributed by atoms with E-state index in [0.717, 1.165) is 25.9 Å². The lowest BCUT2D eigenvalue weighted by molar-refractivity contribution is -0.159. The normalized spacial score (nSPS) is 23.9. The van der Waals surface area contributed by atoms with Gasteiger partial charge in [0.25, 0.3) is 0 Å². The first-order chi connectivity index (χ1) is 16.2. The molecule has 0 N–H and O–H groups in total. The molecular formula is C27H48N4O3. The maximum atomic E-state index is 13.7. The van der Waals surface area contributed by atoms with E-state index in [2.05, 4.69) is 32.6 Å². The molecule has 194 valence electrons. The van der Waals surface area contributed by atoms with Crippen LogP contribution in [0, 0.1) is 17.8 Å². The topological polar surface area (TPSA) is 64.2 Å². The van der Waals surface area contributed by atoms with Crippen molar-refractivity contribution in [3.63, 3.8) is 0 Å². The van der Waals surface area contributed by atoms with Crippen molar-refractivity contribution in [1.29, 1.82) is 0 Å². The van der Waals surface area contributed by atoms with Gasteiger partial charge in [0.2, 0.25) is 17.7 Å². The summed E-state index contributed by atoms with van der Waals surface area (Å²) in [5, 5.41) is 0. The zero-order valence-corrected chi connectivity index (χ0v) is 22.3. The van der Waals surface area contributed by atoms with Crippen molar-refractivity contribution in [3.8, 4) is 0 Å². The van der Waals surface area contributed by atoms with Crippen LogP contribution >= 0.6 is 0 Å². The number of rotatable bonds is 9. The molecule has 3 amide bonds. The van der Waals surface area contributed by atoms with Gasteiger partial charge in [0.1, 0.15) is 12.1 Å². The van der Waals surface area contributed by atoms with Crippen LogP contribution in [0.15, 0.2) is 0 Å². The summed E-state index contributed by atoms with van der Waals surface area (Å²) in [6, 6.07) is -0.873. The van der Waals surface area contributed by atoms with Gasteiger partial charge in [0, 0.05) is 33.1 Å². The van der Waals surface area contributed by atoms with Gasteiger partial charge in [-0.25, -0.2) is 0 Å². The Kier molecular flexibility index (Phi) is 9.81. The molecule has 3 saturated heterocycles. The van der Waals surface area contributed by atoms with Gasteiger partial charge >= 0.3 is 0 Å². The van der Waals surface area contributed by atoms with Crippen molar-refractivity contribution in [2.24, 2.45) is 17.8 Å². The first-order valence-electron chi connectivity index (χ1n) is 13.8. The quantitative estimate of drug-likeness (QED) is 0.513. The highest BCUT2D eigenvalue weighted by Gasteiger charge is 2.42. The van der Waals surface area contributed by atoms with Gasteiger partial charge in [0.05, 0.1) is 0 Å². The standard InChI is InChI=1S/C27H48N4O3/c1-20(2)18-24(31-17-16-30(22(5)32)25(27(31)34)19-21(3)4)26(33)29-14-9-23(10-15-29)8-13-28-11-6-7-12-28/h20-21,23-25H,6-19H2,1-5H3/t24?,25-/m0/s1. The molecule has 0 aromatic rings. The Bertz CT molecular complexity index is 696. The zero-order chi connectivity index (χ0) is 24.8. The van der Waals surface area contributed by atoms with Crippen molar-refractivity contribution in [2.45, 2.75) is 91.6 Å². The van der Waals surface area contributed by atoms with E-state index >= 15 is 0 Å². The number of likely N-dealkylation sites (tertiary alicyclic amines) is 2. The Balaban J connectivity index is 1.63. The van der Waals surface area contributed by atoms with Crippen molar-refractivity contribution in [3.05, 3.63) is 0 Å². The van der Waals surface area contributed by atoms with Crippen LogP contribution in [-0.4, -0.2) is 95.2 Å². The lowest BCUT2D eigenvalue weighted by Crippen LogP contribution is -2.63. The summed E-state index contributed by atoms with van der Waals surface area (Å²) in [5.41, 5.74) is 0. The summed E-state index contributed by atoms with van der Waals surface area (Å²) in [6.07, 6.45) is 7.35. The number of piperidine rings is 1. The number of nitrogens with zero attached hydrogens (tertiary/aromatic N) is 4. The molecule has 2 atom stereocenters. The van der Waals surface area contributed by atoms with Crippen LogP contribution in [0.1, 0.15) is 79.6 Å². The second-order valence-corrected chi connectivity index (χ2v) is 11.6. The zero-order valence-electron chi connectivity index (χ0n) is 22.3. The predicted molar refractivity (Wildman–Crippen MR) is 135 cm³/mol. The molecule has 0 aromatic carbocycles. The Hall–Kier alpha value is -1.63. The minimum atomic E-state index is -0.454. The molecule has 0 saturated carbocycles.